The second kappa shape index (κ2) is 10.9. The number of rotatable bonds is 6. The van der Waals surface area contributed by atoms with Gasteiger partial charge in [-0.05, 0) is 12.8 Å². The van der Waals surface area contributed by atoms with E-state index in [-0.39, 0.29) is 33.0 Å². The minimum atomic E-state index is -0.667. The van der Waals surface area contributed by atoms with Crippen LogP contribution in [0.2, 0.25) is 0 Å². The molecule has 5 nitrogen and oxygen atoms in total. The molecule has 0 unspecified atom stereocenters. The summed E-state index contributed by atoms with van der Waals surface area (Å²) in [6.07, 6.45) is 1.09. The number of hydrogen-bond donors (Lipinski definition) is 5. The van der Waals surface area contributed by atoms with E-state index in [4.69, 9.17) is 25.5 Å². The molecule has 88 valence electrons. The van der Waals surface area contributed by atoms with E-state index < -0.39 is 5.41 Å². The highest BCUT2D eigenvalue weighted by Crippen LogP contribution is 2.18. The van der Waals surface area contributed by atoms with Crippen molar-refractivity contribution in [3.8, 4) is 0 Å². The lowest BCUT2D eigenvalue weighted by atomic mass is 9.88. The SMILES string of the molecule is CCC(CO)(CO)CO.OCCCO. The van der Waals surface area contributed by atoms with Crippen molar-refractivity contribution in [1.82, 2.24) is 0 Å². The molecule has 5 heteroatoms. The van der Waals surface area contributed by atoms with Crippen LogP contribution in [0.3, 0.4) is 0 Å². The van der Waals surface area contributed by atoms with Gasteiger partial charge in [0.15, 0.2) is 0 Å². The summed E-state index contributed by atoms with van der Waals surface area (Å²) in [4.78, 5) is 0. The summed E-state index contributed by atoms with van der Waals surface area (Å²) in [6.45, 7) is 1.54. The van der Waals surface area contributed by atoms with Crippen molar-refractivity contribution in [2.45, 2.75) is 19.8 Å². The minimum absolute atomic E-state index is 0.0938. The maximum Gasteiger partial charge on any atom is 0.0531 e. The molecule has 0 rings (SSSR count). The Kier molecular flexibility index (Phi) is 12.6. The number of hydrogen-bond acceptors (Lipinski definition) is 5. The summed E-state index contributed by atoms with van der Waals surface area (Å²) in [6, 6.07) is 0. The van der Waals surface area contributed by atoms with E-state index in [0.29, 0.717) is 12.8 Å². The smallest absolute Gasteiger partial charge is 0.0531 e. The molecular formula is C9H22O5. The van der Waals surface area contributed by atoms with Crippen molar-refractivity contribution in [3.05, 3.63) is 0 Å². The summed E-state index contributed by atoms with van der Waals surface area (Å²) >= 11 is 0. The molecule has 14 heavy (non-hydrogen) atoms. The molecule has 0 aromatic rings. The molecule has 0 fully saturated rings. The van der Waals surface area contributed by atoms with E-state index in [1.807, 2.05) is 6.92 Å². The fraction of sp³-hybridized carbons (Fsp3) is 1.00. The van der Waals surface area contributed by atoms with Crippen LogP contribution in [0, 0.1) is 5.41 Å². The monoisotopic (exact) mass is 210 g/mol. The Morgan fingerprint density at radius 3 is 1.14 bits per heavy atom. The van der Waals surface area contributed by atoms with Crippen molar-refractivity contribution in [2.75, 3.05) is 33.0 Å². The van der Waals surface area contributed by atoms with Crippen LogP contribution in [0.4, 0.5) is 0 Å². The highest BCUT2D eigenvalue weighted by Gasteiger charge is 2.24. The van der Waals surface area contributed by atoms with Crippen LogP contribution in [-0.2, 0) is 0 Å². The van der Waals surface area contributed by atoms with Crippen LogP contribution in [0.1, 0.15) is 19.8 Å². The molecule has 0 aromatic heterocycles. The standard InChI is InChI=1S/C6H14O3.C3H8O2/c1-2-6(3-7,4-8)5-9;4-2-1-3-5/h7-9H,2-5H2,1H3;4-5H,1-3H2. The second-order valence-corrected chi connectivity index (χ2v) is 3.13. The molecule has 0 spiro atoms. The third-order valence-electron chi connectivity index (χ3n) is 2.07. The summed E-state index contributed by atoms with van der Waals surface area (Å²) in [7, 11) is 0. The zero-order chi connectivity index (χ0) is 11.4. The predicted molar refractivity (Wildman–Crippen MR) is 52.8 cm³/mol. The van der Waals surface area contributed by atoms with Gasteiger partial charge in [0.2, 0.25) is 0 Å². The molecule has 0 aliphatic carbocycles. The van der Waals surface area contributed by atoms with Gasteiger partial charge in [-0.2, -0.15) is 0 Å². The van der Waals surface area contributed by atoms with Gasteiger partial charge in [-0.15, -0.1) is 0 Å². The fourth-order valence-electron chi connectivity index (χ4n) is 0.556. The first-order valence-corrected chi connectivity index (χ1v) is 4.70. The Morgan fingerprint density at radius 1 is 0.786 bits per heavy atom. The highest BCUT2D eigenvalue weighted by atomic mass is 16.3. The van der Waals surface area contributed by atoms with Crippen molar-refractivity contribution in [2.24, 2.45) is 5.41 Å². The Balaban J connectivity index is 0. The third-order valence-corrected chi connectivity index (χ3v) is 2.07. The van der Waals surface area contributed by atoms with Crippen molar-refractivity contribution >= 4 is 0 Å². The maximum absolute atomic E-state index is 8.66. The second-order valence-electron chi connectivity index (χ2n) is 3.13. The Labute approximate surface area is 84.6 Å². The van der Waals surface area contributed by atoms with Gasteiger partial charge >= 0.3 is 0 Å². The molecule has 0 saturated carbocycles. The van der Waals surface area contributed by atoms with Gasteiger partial charge in [0.25, 0.3) is 0 Å². The molecule has 0 aliphatic heterocycles. The molecule has 0 radical (unpaired) electrons. The van der Waals surface area contributed by atoms with E-state index in [2.05, 4.69) is 0 Å². The van der Waals surface area contributed by atoms with Crippen LogP contribution >= 0.6 is 0 Å². The van der Waals surface area contributed by atoms with Gasteiger partial charge in [-0.3, -0.25) is 0 Å². The van der Waals surface area contributed by atoms with Crippen LogP contribution < -0.4 is 0 Å². The third kappa shape index (κ3) is 7.23. The van der Waals surface area contributed by atoms with Crippen molar-refractivity contribution < 1.29 is 25.5 Å². The van der Waals surface area contributed by atoms with Gasteiger partial charge in [0.05, 0.1) is 19.8 Å². The molecule has 5 N–H and O–H groups in total. The van der Waals surface area contributed by atoms with E-state index in [9.17, 15) is 0 Å². The van der Waals surface area contributed by atoms with Crippen LogP contribution in [0.25, 0.3) is 0 Å². The molecule has 0 aromatic carbocycles. The summed E-state index contributed by atoms with van der Waals surface area (Å²) in [5, 5.41) is 41.8. The van der Waals surface area contributed by atoms with Crippen LogP contribution in [0.5, 0.6) is 0 Å². The lowest BCUT2D eigenvalue weighted by molar-refractivity contribution is 0.00304. The van der Waals surface area contributed by atoms with Crippen molar-refractivity contribution in [3.63, 3.8) is 0 Å². The Bertz CT molecular complexity index is 83.9. The largest absolute Gasteiger partial charge is 0.396 e. The van der Waals surface area contributed by atoms with Gasteiger partial charge in [-0.1, -0.05) is 6.92 Å². The lowest BCUT2D eigenvalue weighted by Crippen LogP contribution is -2.32. The number of aliphatic hydroxyl groups excluding tert-OH is 5. The van der Waals surface area contributed by atoms with Crippen LogP contribution in [0.15, 0.2) is 0 Å². The zero-order valence-electron chi connectivity index (χ0n) is 8.69. The first-order valence-electron chi connectivity index (χ1n) is 4.70. The lowest BCUT2D eigenvalue weighted by Gasteiger charge is -2.24. The maximum atomic E-state index is 8.66. The summed E-state index contributed by atoms with van der Waals surface area (Å²) < 4.78 is 0. The summed E-state index contributed by atoms with van der Waals surface area (Å²) in [5.74, 6) is 0. The van der Waals surface area contributed by atoms with Crippen LogP contribution in [-0.4, -0.2) is 58.6 Å². The van der Waals surface area contributed by atoms with E-state index >= 15 is 0 Å². The fourth-order valence-corrected chi connectivity index (χ4v) is 0.556. The van der Waals surface area contributed by atoms with Gasteiger partial charge in [0.1, 0.15) is 0 Å². The normalized spacial score (nSPS) is 10.7. The average Bonchev–Trinajstić information content (AvgIpc) is 2.24. The molecule has 0 heterocycles. The first-order chi connectivity index (χ1) is 6.66. The average molecular weight is 210 g/mol. The molecule has 0 saturated heterocycles. The quantitative estimate of drug-likeness (QED) is 0.376. The zero-order valence-corrected chi connectivity index (χ0v) is 8.69. The topological polar surface area (TPSA) is 101 Å². The van der Waals surface area contributed by atoms with Gasteiger partial charge < -0.3 is 25.5 Å². The molecule has 0 atom stereocenters. The van der Waals surface area contributed by atoms with Gasteiger partial charge in [0, 0.05) is 18.6 Å². The molecule has 0 aliphatic rings. The predicted octanol–water partition coefficient (Wildman–Crippen LogP) is -1.28. The molecule has 0 amide bonds. The summed E-state index contributed by atoms with van der Waals surface area (Å²) in [5.41, 5.74) is -0.667. The van der Waals surface area contributed by atoms with E-state index in [0.717, 1.165) is 0 Å². The van der Waals surface area contributed by atoms with E-state index in [1.165, 1.54) is 0 Å². The minimum Gasteiger partial charge on any atom is -0.396 e. The van der Waals surface area contributed by atoms with Crippen molar-refractivity contribution in [1.29, 1.82) is 0 Å². The number of aliphatic hydroxyl groups is 5. The first kappa shape index (κ1) is 16.2. The molecular weight excluding hydrogens is 188 g/mol. The highest BCUT2D eigenvalue weighted by molar-refractivity contribution is 4.74. The van der Waals surface area contributed by atoms with Gasteiger partial charge in [-0.25, -0.2) is 0 Å². The Hall–Kier alpha value is -0.200. The Morgan fingerprint density at radius 2 is 1.14 bits per heavy atom. The molecule has 0 bridgehead atoms. The van der Waals surface area contributed by atoms with E-state index in [1.54, 1.807) is 0 Å².